The molecule has 0 amide bonds. The number of hydrogen-bond donors (Lipinski definition) is 0. The molecule has 0 radical (unpaired) electrons. The summed E-state index contributed by atoms with van der Waals surface area (Å²) in [4.78, 5) is 10.8. The predicted molar refractivity (Wildman–Crippen MR) is 56.5 cm³/mol. The minimum absolute atomic E-state index is 0.290. The van der Waals surface area contributed by atoms with Crippen LogP contribution in [-0.2, 0) is 6.54 Å². The van der Waals surface area contributed by atoms with Gasteiger partial charge in [0.15, 0.2) is 22.4 Å². The fourth-order valence-corrected chi connectivity index (χ4v) is 1.63. The van der Waals surface area contributed by atoms with E-state index in [1.165, 1.54) is 0 Å². The van der Waals surface area contributed by atoms with Gasteiger partial charge in [0.05, 0.1) is 0 Å². The van der Waals surface area contributed by atoms with Gasteiger partial charge in [-0.1, -0.05) is 5.21 Å². The van der Waals surface area contributed by atoms with Crippen molar-refractivity contribution in [2.45, 2.75) is 13.5 Å². The van der Waals surface area contributed by atoms with Gasteiger partial charge in [-0.3, -0.25) is 4.79 Å². The molecule has 0 aliphatic rings. The summed E-state index contributed by atoms with van der Waals surface area (Å²) in [5.41, 5.74) is 0.900. The van der Waals surface area contributed by atoms with Crippen LogP contribution >= 0.6 is 15.9 Å². The zero-order valence-corrected chi connectivity index (χ0v) is 9.56. The number of carbonyl (C=O) groups excluding carboxylic acids is 1. The van der Waals surface area contributed by atoms with E-state index in [1.54, 1.807) is 16.8 Å². The fraction of sp³-hybridized carbons (Fsp3) is 0.222. The molecule has 0 aliphatic carbocycles. The van der Waals surface area contributed by atoms with Crippen molar-refractivity contribution in [2.75, 3.05) is 0 Å². The lowest BCUT2D eigenvalue weighted by Crippen LogP contribution is -1.99. The summed E-state index contributed by atoms with van der Waals surface area (Å²) in [5, 5.41) is 7.61. The summed E-state index contributed by atoms with van der Waals surface area (Å²) in [7, 11) is 0. The van der Waals surface area contributed by atoms with Crippen LogP contribution in [0.4, 0.5) is 0 Å². The molecule has 5 nitrogen and oxygen atoms in total. The molecule has 0 aliphatic heterocycles. The highest BCUT2D eigenvalue weighted by Crippen LogP contribution is 2.26. The molecule has 0 unspecified atom stereocenters. The van der Waals surface area contributed by atoms with E-state index < -0.39 is 0 Å². The van der Waals surface area contributed by atoms with Gasteiger partial charge in [-0.05, 0) is 35.0 Å². The number of rotatable bonds is 3. The van der Waals surface area contributed by atoms with Crippen molar-refractivity contribution in [1.29, 1.82) is 0 Å². The lowest BCUT2D eigenvalue weighted by Gasteiger charge is -1.99. The Morgan fingerprint density at radius 3 is 2.93 bits per heavy atom. The first-order valence-corrected chi connectivity index (χ1v) is 5.20. The third-order valence-corrected chi connectivity index (χ3v) is 2.41. The van der Waals surface area contributed by atoms with E-state index in [9.17, 15) is 4.79 Å². The van der Waals surface area contributed by atoms with Crippen molar-refractivity contribution in [2.24, 2.45) is 0 Å². The molecule has 0 spiro atoms. The van der Waals surface area contributed by atoms with Gasteiger partial charge in [0.1, 0.15) is 5.69 Å². The largest absolute Gasteiger partial charge is 0.448 e. The molecule has 2 aromatic rings. The first-order valence-electron chi connectivity index (χ1n) is 4.40. The first-order chi connectivity index (χ1) is 7.26. The minimum atomic E-state index is 0.290. The van der Waals surface area contributed by atoms with Crippen LogP contribution in [0.3, 0.4) is 0 Å². The van der Waals surface area contributed by atoms with Gasteiger partial charge < -0.3 is 4.42 Å². The standard InChI is InChI=1S/C9H8BrN3O2/c1-2-13-9(6(5-14)11-12-13)7-3-4-8(10)15-7/h3-5H,2H2,1H3. The highest BCUT2D eigenvalue weighted by Gasteiger charge is 2.16. The van der Waals surface area contributed by atoms with E-state index in [0.717, 1.165) is 0 Å². The van der Waals surface area contributed by atoms with Crippen molar-refractivity contribution >= 4 is 22.2 Å². The number of aryl methyl sites for hydroxylation is 1. The van der Waals surface area contributed by atoms with Gasteiger partial charge in [0.2, 0.25) is 0 Å². The van der Waals surface area contributed by atoms with E-state index in [-0.39, 0.29) is 0 Å². The number of halogens is 1. The molecule has 78 valence electrons. The number of aldehydes is 1. The van der Waals surface area contributed by atoms with E-state index in [0.29, 0.717) is 34.6 Å². The second-order valence-electron chi connectivity index (χ2n) is 2.86. The van der Waals surface area contributed by atoms with Crippen molar-refractivity contribution in [1.82, 2.24) is 15.0 Å². The molecule has 2 rings (SSSR count). The Morgan fingerprint density at radius 2 is 2.40 bits per heavy atom. The summed E-state index contributed by atoms with van der Waals surface area (Å²) < 4.78 is 7.60. The van der Waals surface area contributed by atoms with Crippen LogP contribution in [0.25, 0.3) is 11.5 Å². The Balaban J connectivity index is 2.58. The third kappa shape index (κ3) is 1.72. The van der Waals surface area contributed by atoms with Gasteiger partial charge >= 0.3 is 0 Å². The fourth-order valence-electron chi connectivity index (χ4n) is 1.32. The lowest BCUT2D eigenvalue weighted by molar-refractivity contribution is 0.111. The third-order valence-electron chi connectivity index (χ3n) is 1.98. The maximum Gasteiger partial charge on any atom is 0.172 e. The van der Waals surface area contributed by atoms with Crippen LogP contribution in [-0.4, -0.2) is 21.3 Å². The molecule has 0 fully saturated rings. The maximum atomic E-state index is 10.8. The lowest BCUT2D eigenvalue weighted by atomic mass is 10.2. The van der Waals surface area contributed by atoms with Gasteiger partial charge in [-0.15, -0.1) is 5.10 Å². The summed E-state index contributed by atoms with van der Waals surface area (Å²) in [6.45, 7) is 2.55. The van der Waals surface area contributed by atoms with Crippen LogP contribution < -0.4 is 0 Å². The van der Waals surface area contributed by atoms with E-state index in [4.69, 9.17) is 4.42 Å². The molecule has 6 heteroatoms. The average molecular weight is 270 g/mol. The Labute approximate surface area is 94.2 Å². The predicted octanol–water partition coefficient (Wildman–Crippen LogP) is 2.13. The zero-order chi connectivity index (χ0) is 10.8. The molecule has 0 aromatic carbocycles. The molecule has 0 saturated carbocycles. The van der Waals surface area contributed by atoms with E-state index in [1.807, 2.05) is 6.92 Å². The molecular formula is C9H8BrN3O2. The summed E-state index contributed by atoms with van der Waals surface area (Å²) in [6, 6.07) is 3.53. The van der Waals surface area contributed by atoms with Gasteiger partial charge in [-0.2, -0.15) is 0 Å². The highest BCUT2D eigenvalue weighted by atomic mass is 79.9. The van der Waals surface area contributed by atoms with Gasteiger partial charge in [0.25, 0.3) is 0 Å². The second kappa shape index (κ2) is 3.98. The van der Waals surface area contributed by atoms with Crippen molar-refractivity contribution in [3.8, 4) is 11.5 Å². The molecule has 0 saturated heterocycles. The molecule has 15 heavy (non-hydrogen) atoms. The second-order valence-corrected chi connectivity index (χ2v) is 3.64. The number of carbonyl (C=O) groups is 1. The molecule has 2 heterocycles. The van der Waals surface area contributed by atoms with Crippen LogP contribution in [0.15, 0.2) is 21.2 Å². The first kappa shape index (κ1) is 10.1. The van der Waals surface area contributed by atoms with Crippen LogP contribution in [0.1, 0.15) is 17.4 Å². The number of nitrogens with zero attached hydrogens (tertiary/aromatic N) is 3. The normalized spacial score (nSPS) is 10.5. The number of aromatic nitrogens is 3. The molecule has 2 aromatic heterocycles. The van der Waals surface area contributed by atoms with Crippen molar-refractivity contribution < 1.29 is 9.21 Å². The van der Waals surface area contributed by atoms with E-state index in [2.05, 4.69) is 26.2 Å². The summed E-state index contributed by atoms with van der Waals surface area (Å²) >= 11 is 3.21. The van der Waals surface area contributed by atoms with Crippen molar-refractivity contribution in [3.63, 3.8) is 0 Å². The molecule has 0 N–H and O–H groups in total. The topological polar surface area (TPSA) is 60.9 Å². The van der Waals surface area contributed by atoms with Crippen LogP contribution in [0.5, 0.6) is 0 Å². The number of hydrogen-bond acceptors (Lipinski definition) is 4. The smallest absolute Gasteiger partial charge is 0.172 e. The molecule has 0 bridgehead atoms. The highest BCUT2D eigenvalue weighted by molar-refractivity contribution is 9.10. The van der Waals surface area contributed by atoms with Gasteiger partial charge in [0, 0.05) is 6.54 Å². The Bertz CT molecular complexity index is 489. The Hall–Kier alpha value is -1.43. The summed E-state index contributed by atoms with van der Waals surface area (Å²) in [5.74, 6) is 0.579. The van der Waals surface area contributed by atoms with Crippen LogP contribution in [0, 0.1) is 0 Å². The minimum Gasteiger partial charge on any atom is -0.448 e. The Kier molecular flexibility index (Phi) is 2.68. The molecular weight excluding hydrogens is 262 g/mol. The maximum absolute atomic E-state index is 10.8. The zero-order valence-electron chi connectivity index (χ0n) is 7.98. The summed E-state index contributed by atoms with van der Waals surface area (Å²) in [6.07, 6.45) is 0.672. The SMILES string of the molecule is CCn1nnc(C=O)c1-c1ccc(Br)o1. The van der Waals surface area contributed by atoms with Crippen LogP contribution in [0.2, 0.25) is 0 Å². The van der Waals surface area contributed by atoms with Gasteiger partial charge in [-0.25, -0.2) is 4.68 Å². The molecule has 0 atom stereocenters. The Morgan fingerprint density at radius 1 is 1.60 bits per heavy atom. The quantitative estimate of drug-likeness (QED) is 0.801. The number of furan rings is 1. The van der Waals surface area contributed by atoms with E-state index >= 15 is 0 Å². The monoisotopic (exact) mass is 269 g/mol. The average Bonchev–Trinajstić information content (AvgIpc) is 2.82. The van der Waals surface area contributed by atoms with Crippen molar-refractivity contribution in [3.05, 3.63) is 22.5 Å².